The number of halogens is 3. The lowest BCUT2D eigenvalue weighted by Crippen LogP contribution is -1.76. The van der Waals surface area contributed by atoms with Gasteiger partial charge in [0.2, 0.25) is 0 Å². The second-order valence-corrected chi connectivity index (χ2v) is 5.62. The Hall–Kier alpha value is 0.320. The van der Waals surface area contributed by atoms with Crippen molar-refractivity contribution in [3.8, 4) is 0 Å². The average Bonchev–Trinajstić information content (AvgIpc) is 2.47. The molecule has 0 N–H and O–H groups in total. The van der Waals surface area contributed by atoms with Crippen LogP contribution in [0.4, 0.5) is 4.39 Å². The molecule has 68 valence electrons. The van der Waals surface area contributed by atoms with Crippen molar-refractivity contribution in [2.75, 3.05) is 0 Å². The summed E-state index contributed by atoms with van der Waals surface area (Å²) in [4.78, 5) is 1.16. The van der Waals surface area contributed by atoms with Crippen molar-refractivity contribution in [3.05, 3.63) is 32.5 Å². The molecule has 0 aliphatic carbocycles. The van der Waals surface area contributed by atoms with Crippen LogP contribution in [0.15, 0.2) is 18.2 Å². The monoisotopic (exact) mass is 370 g/mol. The molecule has 2 aromatic rings. The van der Waals surface area contributed by atoms with Gasteiger partial charge >= 0.3 is 0 Å². The third-order valence-electron chi connectivity index (χ3n) is 1.73. The Morgan fingerprint density at radius 3 is 2.85 bits per heavy atom. The van der Waals surface area contributed by atoms with Crippen LogP contribution in [0.25, 0.3) is 10.1 Å². The predicted molar refractivity (Wildman–Crippen MR) is 67.1 cm³/mol. The quantitative estimate of drug-likeness (QED) is 0.510. The fraction of sp³-hybridized carbons (Fsp3) is 0.111. The molecular formula is C9H5BrFIS. The highest BCUT2D eigenvalue weighted by Crippen LogP contribution is 2.30. The number of rotatable bonds is 1. The molecule has 4 heteroatoms. The SMILES string of the molecule is Fc1cc(I)cc2sc(CBr)cc12. The summed E-state index contributed by atoms with van der Waals surface area (Å²) in [6.07, 6.45) is 0. The Morgan fingerprint density at radius 1 is 1.38 bits per heavy atom. The highest BCUT2D eigenvalue weighted by atomic mass is 127. The second kappa shape index (κ2) is 3.82. The zero-order valence-electron chi connectivity index (χ0n) is 6.48. The van der Waals surface area contributed by atoms with Crippen LogP contribution < -0.4 is 0 Å². The van der Waals surface area contributed by atoms with E-state index in [-0.39, 0.29) is 5.82 Å². The Bertz CT molecular complexity index is 452. The first-order valence-electron chi connectivity index (χ1n) is 3.64. The standard InChI is InChI=1S/C9H5BrFIS/c10-4-6-3-7-8(11)1-5(12)2-9(7)13-6/h1-3H,4H2. The predicted octanol–water partition coefficient (Wildman–Crippen LogP) is 4.54. The molecule has 0 atom stereocenters. The van der Waals surface area contributed by atoms with Gasteiger partial charge in [-0.3, -0.25) is 0 Å². The first kappa shape index (κ1) is 9.86. The van der Waals surface area contributed by atoms with E-state index in [1.165, 1.54) is 0 Å². The Labute approximate surface area is 101 Å². The van der Waals surface area contributed by atoms with Crippen molar-refractivity contribution in [2.45, 2.75) is 5.33 Å². The fourth-order valence-electron chi connectivity index (χ4n) is 1.18. The lowest BCUT2D eigenvalue weighted by Gasteiger charge is -1.92. The first-order chi connectivity index (χ1) is 6.20. The van der Waals surface area contributed by atoms with E-state index in [4.69, 9.17) is 0 Å². The Kier molecular flexibility index (Phi) is 2.90. The van der Waals surface area contributed by atoms with Crippen LogP contribution in [-0.4, -0.2) is 0 Å². The van der Waals surface area contributed by atoms with Gasteiger partial charge in [0, 0.05) is 23.9 Å². The normalized spacial score (nSPS) is 11.0. The van der Waals surface area contributed by atoms with E-state index >= 15 is 0 Å². The third-order valence-corrected chi connectivity index (χ3v) is 4.41. The van der Waals surface area contributed by atoms with E-state index in [0.717, 1.165) is 23.9 Å². The van der Waals surface area contributed by atoms with Crippen molar-refractivity contribution in [3.63, 3.8) is 0 Å². The highest BCUT2D eigenvalue weighted by molar-refractivity contribution is 14.1. The molecule has 0 radical (unpaired) electrons. The van der Waals surface area contributed by atoms with Crippen LogP contribution >= 0.6 is 49.9 Å². The maximum atomic E-state index is 13.4. The lowest BCUT2D eigenvalue weighted by molar-refractivity contribution is 0.639. The summed E-state index contributed by atoms with van der Waals surface area (Å²) < 4.78 is 15.4. The van der Waals surface area contributed by atoms with E-state index in [0.29, 0.717) is 0 Å². The van der Waals surface area contributed by atoms with Gasteiger partial charge in [0.15, 0.2) is 0 Å². The molecule has 0 aliphatic heterocycles. The van der Waals surface area contributed by atoms with E-state index < -0.39 is 0 Å². The average molecular weight is 371 g/mol. The zero-order valence-corrected chi connectivity index (χ0v) is 11.0. The van der Waals surface area contributed by atoms with Crippen LogP contribution in [0.3, 0.4) is 0 Å². The molecule has 0 aliphatic rings. The summed E-state index contributed by atoms with van der Waals surface area (Å²) >= 11 is 7.13. The van der Waals surface area contributed by atoms with E-state index in [2.05, 4.69) is 38.5 Å². The van der Waals surface area contributed by atoms with Gasteiger partial charge in [-0.2, -0.15) is 0 Å². The number of hydrogen-bond acceptors (Lipinski definition) is 1. The van der Waals surface area contributed by atoms with Crippen molar-refractivity contribution in [1.82, 2.24) is 0 Å². The molecule has 13 heavy (non-hydrogen) atoms. The minimum atomic E-state index is -0.120. The lowest BCUT2D eigenvalue weighted by atomic mass is 10.2. The summed E-state index contributed by atoms with van der Waals surface area (Å²) in [5.41, 5.74) is 0. The fourth-order valence-corrected chi connectivity index (χ4v) is 3.45. The molecule has 0 saturated heterocycles. The van der Waals surface area contributed by atoms with Gasteiger partial charge in [-0.25, -0.2) is 4.39 Å². The van der Waals surface area contributed by atoms with Gasteiger partial charge < -0.3 is 0 Å². The van der Waals surface area contributed by atoms with Crippen LogP contribution in [0, 0.1) is 9.39 Å². The molecule has 0 amide bonds. The maximum absolute atomic E-state index is 13.4. The van der Waals surface area contributed by atoms with Crippen LogP contribution in [0.2, 0.25) is 0 Å². The third kappa shape index (κ3) is 1.89. The van der Waals surface area contributed by atoms with Crippen molar-refractivity contribution < 1.29 is 4.39 Å². The van der Waals surface area contributed by atoms with E-state index in [1.54, 1.807) is 17.4 Å². The van der Waals surface area contributed by atoms with Gasteiger partial charge in [-0.05, 0) is 40.8 Å². The van der Waals surface area contributed by atoms with Crippen LogP contribution in [-0.2, 0) is 5.33 Å². The molecule has 1 aromatic carbocycles. The van der Waals surface area contributed by atoms with Crippen molar-refractivity contribution in [1.29, 1.82) is 0 Å². The van der Waals surface area contributed by atoms with Gasteiger partial charge in [-0.1, -0.05) is 15.9 Å². The molecule has 1 heterocycles. The number of hydrogen-bond donors (Lipinski definition) is 0. The molecular weight excluding hydrogens is 366 g/mol. The first-order valence-corrected chi connectivity index (χ1v) is 6.66. The summed E-state index contributed by atoms with van der Waals surface area (Å²) in [5, 5.41) is 1.53. The van der Waals surface area contributed by atoms with E-state index in [9.17, 15) is 4.39 Å². The molecule has 0 bridgehead atoms. The van der Waals surface area contributed by atoms with Gasteiger partial charge in [-0.15, -0.1) is 11.3 Å². The van der Waals surface area contributed by atoms with Gasteiger partial charge in [0.05, 0.1) is 0 Å². The molecule has 2 rings (SSSR count). The minimum absolute atomic E-state index is 0.120. The highest BCUT2D eigenvalue weighted by Gasteiger charge is 2.06. The minimum Gasteiger partial charge on any atom is -0.206 e. The summed E-state index contributed by atoms with van der Waals surface area (Å²) in [6, 6.07) is 5.48. The number of fused-ring (bicyclic) bond motifs is 1. The van der Waals surface area contributed by atoms with Crippen LogP contribution in [0.1, 0.15) is 4.88 Å². The molecule has 1 aromatic heterocycles. The molecule has 0 spiro atoms. The number of alkyl halides is 1. The largest absolute Gasteiger partial charge is 0.206 e. The smallest absolute Gasteiger partial charge is 0.132 e. The Morgan fingerprint density at radius 2 is 2.15 bits per heavy atom. The van der Waals surface area contributed by atoms with Crippen LogP contribution in [0.5, 0.6) is 0 Å². The van der Waals surface area contributed by atoms with Gasteiger partial charge in [0.1, 0.15) is 5.82 Å². The number of benzene rings is 1. The summed E-state index contributed by atoms with van der Waals surface area (Å²) in [5.74, 6) is -0.120. The Balaban J connectivity index is 2.75. The molecule has 0 fully saturated rings. The van der Waals surface area contributed by atoms with Crippen molar-refractivity contribution in [2.24, 2.45) is 0 Å². The molecule has 0 nitrogen and oxygen atoms in total. The zero-order chi connectivity index (χ0) is 9.42. The topological polar surface area (TPSA) is 0 Å². The van der Waals surface area contributed by atoms with Gasteiger partial charge in [0.25, 0.3) is 0 Å². The summed E-state index contributed by atoms with van der Waals surface area (Å²) in [7, 11) is 0. The number of thiophene rings is 1. The second-order valence-electron chi connectivity index (χ2n) is 2.65. The molecule has 0 saturated carbocycles. The summed E-state index contributed by atoms with van der Waals surface area (Å²) in [6.45, 7) is 0. The van der Waals surface area contributed by atoms with Crippen molar-refractivity contribution >= 4 is 59.9 Å². The maximum Gasteiger partial charge on any atom is 0.132 e. The van der Waals surface area contributed by atoms with E-state index in [1.807, 2.05) is 12.1 Å². The molecule has 0 unspecified atom stereocenters.